The van der Waals surface area contributed by atoms with E-state index >= 15 is 0 Å². The maximum atomic E-state index is 11.6. The first-order valence-electron chi connectivity index (χ1n) is 5.04. The molecule has 88 valence electrons. The van der Waals surface area contributed by atoms with Gasteiger partial charge in [-0.3, -0.25) is 9.59 Å². The number of nitrogens with zero attached hydrogens (tertiary/aromatic N) is 3. The minimum atomic E-state index is -0.941. The lowest BCUT2D eigenvalue weighted by Gasteiger charge is -2.16. The molecule has 1 rings (SSSR count). The number of rotatable bonds is 5. The van der Waals surface area contributed by atoms with E-state index in [2.05, 4.69) is 5.10 Å². The van der Waals surface area contributed by atoms with Crippen LogP contribution in [0.3, 0.4) is 0 Å². The van der Waals surface area contributed by atoms with E-state index in [9.17, 15) is 9.59 Å². The predicted molar refractivity (Wildman–Crippen MR) is 59.7 cm³/mol. The van der Waals surface area contributed by atoms with Crippen LogP contribution in [-0.2, 0) is 11.3 Å². The van der Waals surface area contributed by atoms with Gasteiger partial charge in [0.2, 0.25) is 0 Å². The van der Waals surface area contributed by atoms with E-state index in [-0.39, 0.29) is 18.5 Å². The van der Waals surface area contributed by atoms with Crippen LogP contribution in [0.25, 0.3) is 0 Å². The highest BCUT2D eigenvalue weighted by molar-refractivity contribution is 5.66. The number of aromatic nitrogens is 2. The Labute approximate surface area is 93.1 Å². The van der Waals surface area contributed by atoms with Gasteiger partial charge in [-0.25, -0.2) is 4.68 Å². The summed E-state index contributed by atoms with van der Waals surface area (Å²) < 4.78 is 1.15. The zero-order chi connectivity index (χ0) is 12.1. The maximum absolute atomic E-state index is 11.6. The highest BCUT2D eigenvalue weighted by Crippen LogP contribution is 2.05. The molecule has 1 heterocycles. The highest BCUT2D eigenvalue weighted by Gasteiger charge is 2.04. The molecule has 0 radical (unpaired) electrons. The molecule has 1 aromatic heterocycles. The van der Waals surface area contributed by atoms with Gasteiger partial charge in [0.1, 0.15) is 0 Å². The van der Waals surface area contributed by atoms with Crippen molar-refractivity contribution >= 4 is 11.7 Å². The monoisotopic (exact) mass is 225 g/mol. The van der Waals surface area contributed by atoms with Crippen LogP contribution >= 0.6 is 0 Å². The molecule has 0 fully saturated rings. The lowest BCUT2D eigenvalue weighted by Crippen LogP contribution is -2.26. The molecule has 0 aliphatic rings. The van der Waals surface area contributed by atoms with Crippen molar-refractivity contribution < 1.29 is 9.90 Å². The number of anilines is 1. The van der Waals surface area contributed by atoms with E-state index in [0.29, 0.717) is 0 Å². The summed E-state index contributed by atoms with van der Waals surface area (Å²) in [6.45, 7) is 2.85. The number of carboxylic acids is 1. The van der Waals surface area contributed by atoms with Gasteiger partial charge in [-0.15, -0.1) is 0 Å². The van der Waals surface area contributed by atoms with Gasteiger partial charge in [-0.05, 0) is 6.92 Å². The molecule has 0 bridgehead atoms. The quantitative estimate of drug-likeness (QED) is 0.773. The molecule has 1 aromatic rings. The number of carboxylic acid groups (broad SMARTS) is 1. The maximum Gasteiger partial charge on any atom is 0.305 e. The standard InChI is InChI=1S/C10H15N3O3/c1-3-12(2)8-6-9(14)13(11-7-8)5-4-10(15)16/h6-7H,3-5H2,1-2H3,(H,15,16). The van der Waals surface area contributed by atoms with Crippen molar-refractivity contribution in [2.45, 2.75) is 19.9 Å². The lowest BCUT2D eigenvalue weighted by atomic mass is 10.4. The smallest absolute Gasteiger partial charge is 0.305 e. The summed E-state index contributed by atoms with van der Waals surface area (Å²) in [7, 11) is 1.86. The Morgan fingerprint density at radius 3 is 2.81 bits per heavy atom. The predicted octanol–water partition coefficient (Wildman–Crippen LogP) is 0.174. The summed E-state index contributed by atoms with van der Waals surface area (Å²) in [4.78, 5) is 23.8. The SMILES string of the molecule is CCN(C)c1cnn(CCC(=O)O)c(=O)c1. The highest BCUT2D eigenvalue weighted by atomic mass is 16.4. The molecule has 0 saturated heterocycles. The molecular formula is C10H15N3O3. The Balaban J connectivity index is 2.83. The molecule has 6 heteroatoms. The second-order valence-electron chi connectivity index (χ2n) is 3.43. The molecule has 0 aliphatic carbocycles. The summed E-state index contributed by atoms with van der Waals surface area (Å²) in [6, 6.07) is 1.46. The average molecular weight is 225 g/mol. The lowest BCUT2D eigenvalue weighted by molar-refractivity contribution is -0.137. The fourth-order valence-electron chi connectivity index (χ4n) is 1.18. The van der Waals surface area contributed by atoms with Crippen LogP contribution < -0.4 is 10.5 Å². The third-order valence-corrected chi connectivity index (χ3v) is 2.31. The van der Waals surface area contributed by atoms with E-state index < -0.39 is 5.97 Å². The molecule has 16 heavy (non-hydrogen) atoms. The van der Waals surface area contributed by atoms with Crippen molar-refractivity contribution in [3.63, 3.8) is 0 Å². The van der Waals surface area contributed by atoms with Crippen molar-refractivity contribution in [2.24, 2.45) is 0 Å². The summed E-state index contributed by atoms with van der Waals surface area (Å²) in [5.41, 5.74) is 0.457. The Kier molecular flexibility index (Phi) is 4.04. The third-order valence-electron chi connectivity index (χ3n) is 2.31. The second kappa shape index (κ2) is 5.29. The molecule has 0 unspecified atom stereocenters. The zero-order valence-electron chi connectivity index (χ0n) is 9.38. The Morgan fingerprint density at radius 1 is 1.62 bits per heavy atom. The van der Waals surface area contributed by atoms with E-state index in [0.717, 1.165) is 16.9 Å². The van der Waals surface area contributed by atoms with Crippen LogP contribution in [0.5, 0.6) is 0 Å². The van der Waals surface area contributed by atoms with Crippen LogP contribution in [-0.4, -0.2) is 34.4 Å². The molecule has 0 atom stereocenters. The number of aryl methyl sites for hydroxylation is 1. The number of aliphatic carboxylic acids is 1. The fraction of sp³-hybridized carbons (Fsp3) is 0.500. The number of hydrogen-bond donors (Lipinski definition) is 1. The molecule has 0 saturated carbocycles. The van der Waals surface area contributed by atoms with Gasteiger partial charge >= 0.3 is 5.97 Å². The molecular weight excluding hydrogens is 210 g/mol. The summed E-state index contributed by atoms with van der Waals surface area (Å²) in [5, 5.41) is 12.4. The van der Waals surface area contributed by atoms with Crippen molar-refractivity contribution in [2.75, 3.05) is 18.5 Å². The first-order chi connectivity index (χ1) is 7.54. The van der Waals surface area contributed by atoms with Crippen molar-refractivity contribution in [1.29, 1.82) is 0 Å². The van der Waals surface area contributed by atoms with Crippen LogP contribution in [0.1, 0.15) is 13.3 Å². The Morgan fingerprint density at radius 2 is 2.31 bits per heavy atom. The topological polar surface area (TPSA) is 75.4 Å². The third kappa shape index (κ3) is 3.08. The normalized spacial score (nSPS) is 10.1. The van der Waals surface area contributed by atoms with Gasteiger partial charge in [0, 0.05) is 19.7 Å². The van der Waals surface area contributed by atoms with Crippen LogP contribution in [0.4, 0.5) is 5.69 Å². The largest absolute Gasteiger partial charge is 0.481 e. The van der Waals surface area contributed by atoms with Crippen molar-refractivity contribution in [1.82, 2.24) is 9.78 Å². The zero-order valence-corrected chi connectivity index (χ0v) is 9.38. The van der Waals surface area contributed by atoms with Gasteiger partial charge in [0.25, 0.3) is 5.56 Å². The van der Waals surface area contributed by atoms with E-state index in [4.69, 9.17) is 5.11 Å². The number of carbonyl (C=O) groups is 1. The van der Waals surface area contributed by atoms with Crippen molar-refractivity contribution in [3.8, 4) is 0 Å². The molecule has 0 aliphatic heterocycles. The first kappa shape index (κ1) is 12.2. The molecule has 1 N–H and O–H groups in total. The number of hydrogen-bond acceptors (Lipinski definition) is 4. The molecule has 0 aromatic carbocycles. The average Bonchev–Trinajstić information content (AvgIpc) is 2.26. The fourth-order valence-corrected chi connectivity index (χ4v) is 1.18. The Bertz CT molecular complexity index is 428. The van der Waals surface area contributed by atoms with Crippen LogP contribution in [0, 0.1) is 0 Å². The van der Waals surface area contributed by atoms with E-state index in [1.165, 1.54) is 6.07 Å². The minimum absolute atomic E-state index is 0.101. The summed E-state index contributed by atoms with van der Waals surface area (Å²) >= 11 is 0. The van der Waals surface area contributed by atoms with Gasteiger partial charge in [-0.1, -0.05) is 0 Å². The molecule has 6 nitrogen and oxygen atoms in total. The summed E-state index contributed by atoms with van der Waals surface area (Å²) in [5.74, 6) is -0.941. The van der Waals surface area contributed by atoms with Gasteiger partial charge in [0.05, 0.1) is 24.8 Å². The van der Waals surface area contributed by atoms with Crippen LogP contribution in [0.15, 0.2) is 17.1 Å². The van der Waals surface area contributed by atoms with E-state index in [1.807, 2.05) is 18.9 Å². The second-order valence-corrected chi connectivity index (χ2v) is 3.43. The van der Waals surface area contributed by atoms with Gasteiger partial charge < -0.3 is 10.0 Å². The molecule has 0 amide bonds. The van der Waals surface area contributed by atoms with Gasteiger partial charge in [0.15, 0.2) is 0 Å². The Hall–Kier alpha value is -1.85. The van der Waals surface area contributed by atoms with E-state index in [1.54, 1.807) is 6.20 Å². The van der Waals surface area contributed by atoms with Gasteiger partial charge in [-0.2, -0.15) is 5.10 Å². The van der Waals surface area contributed by atoms with Crippen molar-refractivity contribution in [3.05, 3.63) is 22.6 Å². The minimum Gasteiger partial charge on any atom is -0.481 e. The first-order valence-corrected chi connectivity index (χ1v) is 5.04. The summed E-state index contributed by atoms with van der Waals surface area (Å²) in [6.07, 6.45) is 1.46. The molecule has 0 spiro atoms. The van der Waals surface area contributed by atoms with Crippen LogP contribution in [0.2, 0.25) is 0 Å².